The van der Waals surface area contributed by atoms with Crippen LogP contribution in [0.3, 0.4) is 0 Å². The van der Waals surface area contributed by atoms with Gasteiger partial charge in [0, 0.05) is 10.7 Å². The Morgan fingerprint density at radius 3 is 2.83 bits per heavy atom. The molecule has 4 heteroatoms. The maximum absolute atomic E-state index is 5.58. The van der Waals surface area contributed by atoms with Gasteiger partial charge in [0.25, 0.3) is 0 Å². The summed E-state index contributed by atoms with van der Waals surface area (Å²) in [5.41, 5.74) is 2.07. The van der Waals surface area contributed by atoms with E-state index in [-0.39, 0.29) is 0 Å². The number of hydrogen-bond acceptors (Lipinski definition) is 3. The van der Waals surface area contributed by atoms with Gasteiger partial charge < -0.3 is 10.1 Å². The topological polar surface area (TPSA) is 34.1 Å². The molecule has 1 aromatic carbocycles. The van der Waals surface area contributed by atoms with E-state index in [0.29, 0.717) is 6.61 Å². The Kier molecular flexibility index (Phi) is 4.20. The average molecular weight is 307 g/mol. The first-order valence-corrected chi connectivity index (χ1v) is 6.60. The van der Waals surface area contributed by atoms with Gasteiger partial charge in [-0.3, -0.25) is 0 Å². The van der Waals surface area contributed by atoms with E-state index < -0.39 is 0 Å². The van der Waals surface area contributed by atoms with Crippen LogP contribution >= 0.6 is 15.9 Å². The summed E-state index contributed by atoms with van der Waals surface area (Å²) < 4.78 is 6.58. The quantitative estimate of drug-likeness (QED) is 0.914. The van der Waals surface area contributed by atoms with E-state index in [2.05, 4.69) is 26.2 Å². The van der Waals surface area contributed by atoms with Crippen LogP contribution in [0.5, 0.6) is 5.75 Å². The number of hydrogen-bond donors (Lipinski definition) is 1. The van der Waals surface area contributed by atoms with Gasteiger partial charge in [-0.1, -0.05) is 15.9 Å². The minimum absolute atomic E-state index is 0.636. The minimum Gasteiger partial charge on any atom is -0.492 e. The van der Waals surface area contributed by atoms with Gasteiger partial charge in [0.05, 0.1) is 12.3 Å². The van der Waals surface area contributed by atoms with Crippen LogP contribution in [0.25, 0.3) is 0 Å². The number of ether oxygens (including phenoxy) is 1. The van der Waals surface area contributed by atoms with E-state index in [9.17, 15) is 0 Å². The highest BCUT2D eigenvalue weighted by Gasteiger charge is 2.05. The summed E-state index contributed by atoms with van der Waals surface area (Å²) in [4.78, 5) is 4.28. The molecule has 0 atom stereocenters. The number of rotatable bonds is 4. The van der Waals surface area contributed by atoms with Gasteiger partial charge in [0.2, 0.25) is 0 Å². The molecule has 0 amide bonds. The molecule has 0 spiro atoms. The molecule has 2 aromatic rings. The molecule has 0 bridgehead atoms. The van der Waals surface area contributed by atoms with E-state index >= 15 is 0 Å². The fourth-order valence-corrected chi connectivity index (χ4v) is 1.98. The number of nitrogens with one attached hydrogen (secondary N) is 1. The maximum atomic E-state index is 5.58. The van der Waals surface area contributed by atoms with Crippen molar-refractivity contribution in [2.24, 2.45) is 0 Å². The van der Waals surface area contributed by atoms with Gasteiger partial charge in [0.15, 0.2) is 0 Å². The molecule has 0 aliphatic heterocycles. The zero-order chi connectivity index (χ0) is 13.0. The molecule has 0 unspecified atom stereocenters. The molecular formula is C14H15BrN2O. The standard InChI is InChI=1S/C14H15BrN2O/c1-3-18-13-5-4-11(15)9-12(13)17-14-8-10(2)6-7-16-14/h4-9H,3H2,1-2H3,(H,16,17). The van der Waals surface area contributed by atoms with E-state index in [0.717, 1.165) is 21.7 Å². The van der Waals surface area contributed by atoms with Crippen molar-refractivity contribution in [1.29, 1.82) is 0 Å². The lowest BCUT2D eigenvalue weighted by molar-refractivity contribution is 0.342. The lowest BCUT2D eigenvalue weighted by Gasteiger charge is -2.12. The van der Waals surface area contributed by atoms with Crippen LogP contribution in [-0.2, 0) is 0 Å². The number of halogens is 1. The summed E-state index contributed by atoms with van der Waals surface area (Å²) in [7, 11) is 0. The highest BCUT2D eigenvalue weighted by Crippen LogP contribution is 2.30. The third-order valence-corrected chi connectivity index (χ3v) is 2.91. The Labute approximate surface area is 115 Å². The predicted molar refractivity (Wildman–Crippen MR) is 77.6 cm³/mol. The third-order valence-electron chi connectivity index (χ3n) is 2.42. The van der Waals surface area contributed by atoms with E-state index in [4.69, 9.17) is 4.74 Å². The Morgan fingerprint density at radius 1 is 1.28 bits per heavy atom. The Morgan fingerprint density at radius 2 is 2.11 bits per heavy atom. The lowest BCUT2D eigenvalue weighted by atomic mass is 10.2. The molecule has 0 saturated heterocycles. The van der Waals surface area contributed by atoms with Gasteiger partial charge in [-0.2, -0.15) is 0 Å². The third kappa shape index (κ3) is 3.23. The molecule has 94 valence electrons. The van der Waals surface area contributed by atoms with Gasteiger partial charge in [-0.15, -0.1) is 0 Å². The average Bonchev–Trinajstić information content (AvgIpc) is 2.33. The van der Waals surface area contributed by atoms with Crippen LogP contribution in [-0.4, -0.2) is 11.6 Å². The molecule has 0 aliphatic rings. The number of benzene rings is 1. The highest BCUT2D eigenvalue weighted by molar-refractivity contribution is 9.10. The zero-order valence-electron chi connectivity index (χ0n) is 10.4. The largest absolute Gasteiger partial charge is 0.492 e. The first-order valence-electron chi connectivity index (χ1n) is 5.81. The molecule has 1 heterocycles. The lowest BCUT2D eigenvalue weighted by Crippen LogP contribution is -1.99. The summed E-state index contributed by atoms with van der Waals surface area (Å²) >= 11 is 3.46. The van der Waals surface area contributed by atoms with Crippen molar-refractivity contribution in [3.8, 4) is 5.75 Å². The normalized spacial score (nSPS) is 10.2. The van der Waals surface area contributed by atoms with Gasteiger partial charge >= 0.3 is 0 Å². The van der Waals surface area contributed by atoms with Crippen molar-refractivity contribution in [3.05, 3.63) is 46.6 Å². The van der Waals surface area contributed by atoms with Crippen LogP contribution in [0, 0.1) is 6.92 Å². The molecule has 0 radical (unpaired) electrons. The van der Waals surface area contributed by atoms with Crippen LogP contribution in [0.1, 0.15) is 12.5 Å². The van der Waals surface area contributed by atoms with Crippen LogP contribution < -0.4 is 10.1 Å². The minimum atomic E-state index is 0.636. The van der Waals surface area contributed by atoms with Crippen molar-refractivity contribution < 1.29 is 4.74 Å². The number of nitrogens with zero attached hydrogens (tertiary/aromatic N) is 1. The molecule has 2 rings (SSSR count). The summed E-state index contributed by atoms with van der Waals surface area (Å²) in [5.74, 6) is 1.64. The number of aromatic nitrogens is 1. The molecule has 1 N–H and O–H groups in total. The van der Waals surface area contributed by atoms with Gasteiger partial charge in [-0.25, -0.2) is 4.98 Å². The van der Waals surface area contributed by atoms with Crippen molar-refractivity contribution in [1.82, 2.24) is 4.98 Å². The Hall–Kier alpha value is -1.55. The number of pyridine rings is 1. The van der Waals surface area contributed by atoms with Crippen molar-refractivity contribution in [2.45, 2.75) is 13.8 Å². The molecule has 0 fully saturated rings. The summed E-state index contributed by atoms with van der Waals surface area (Å²) in [6, 6.07) is 9.84. The summed E-state index contributed by atoms with van der Waals surface area (Å²) in [5, 5.41) is 3.27. The van der Waals surface area contributed by atoms with Crippen LogP contribution in [0.4, 0.5) is 11.5 Å². The second kappa shape index (κ2) is 5.87. The van der Waals surface area contributed by atoms with E-state index in [1.165, 1.54) is 5.56 Å². The van der Waals surface area contributed by atoms with Gasteiger partial charge in [-0.05, 0) is 49.7 Å². The molecule has 18 heavy (non-hydrogen) atoms. The molecule has 0 saturated carbocycles. The molecular weight excluding hydrogens is 292 g/mol. The Bertz CT molecular complexity index is 543. The van der Waals surface area contributed by atoms with Crippen molar-refractivity contribution in [3.63, 3.8) is 0 Å². The zero-order valence-corrected chi connectivity index (χ0v) is 12.0. The molecule has 3 nitrogen and oxygen atoms in total. The van der Waals surface area contributed by atoms with Gasteiger partial charge in [0.1, 0.15) is 11.6 Å². The van der Waals surface area contributed by atoms with Crippen LogP contribution in [0.15, 0.2) is 41.0 Å². The summed E-state index contributed by atoms with van der Waals surface area (Å²) in [6.45, 7) is 4.64. The van der Waals surface area contributed by atoms with Crippen molar-refractivity contribution in [2.75, 3.05) is 11.9 Å². The summed E-state index contributed by atoms with van der Waals surface area (Å²) in [6.07, 6.45) is 1.79. The van der Waals surface area contributed by atoms with E-state index in [1.54, 1.807) is 6.20 Å². The monoisotopic (exact) mass is 306 g/mol. The van der Waals surface area contributed by atoms with Crippen molar-refractivity contribution >= 4 is 27.4 Å². The smallest absolute Gasteiger partial charge is 0.142 e. The second-order valence-electron chi connectivity index (χ2n) is 3.92. The first-order chi connectivity index (χ1) is 8.69. The maximum Gasteiger partial charge on any atom is 0.142 e. The van der Waals surface area contributed by atoms with E-state index in [1.807, 2.05) is 44.2 Å². The molecule has 0 aliphatic carbocycles. The fraction of sp³-hybridized carbons (Fsp3) is 0.214. The number of anilines is 2. The second-order valence-corrected chi connectivity index (χ2v) is 4.83. The predicted octanol–water partition coefficient (Wildman–Crippen LogP) is 4.29. The SMILES string of the molecule is CCOc1ccc(Br)cc1Nc1cc(C)ccn1. The molecule has 1 aromatic heterocycles. The number of aryl methyl sites for hydroxylation is 1. The first kappa shape index (κ1) is 12.9. The fourth-order valence-electron chi connectivity index (χ4n) is 1.62. The highest BCUT2D eigenvalue weighted by atomic mass is 79.9. The van der Waals surface area contributed by atoms with Crippen LogP contribution in [0.2, 0.25) is 0 Å². The Balaban J connectivity index is 2.29.